The first-order valence-electron chi connectivity index (χ1n) is 4.89. The van der Waals surface area contributed by atoms with Crippen molar-refractivity contribution in [1.29, 1.82) is 0 Å². The first-order valence-corrected chi connectivity index (χ1v) is 4.89. The molecule has 15 heavy (non-hydrogen) atoms. The van der Waals surface area contributed by atoms with E-state index in [2.05, 4.69) is 10.1 Å². The zero-order valence-corrected chi connectivity index (χ0v) is 9.48. The van der Waals surface area contributed by atoms with Crippen molar-refractivity contribution in [3.05, 3.63) is 11.7 Å². The van der Waals surface area contributed by atoms with Crippen LogP contribution < -0.4 is 0 Å². The van der Waals surface area contributed by atoms with Crippen LogP contribution in [0.5, 0.6) is 0 Å². The Kier molecular flexibility index (Phi) is 3.96. The Hall–Kier alpha value is -1.23. The number of hydrogen-bond acceptors (Lipinski definition) is 5. The number of ketones is 1. The van der Waals surface area contributed by atoms with Gasteiger partial charge >= 0.3 is 0 Å². The van der Waals surface area contributed by atoms with E-state index in [9.17, 15) is 4.79 Å². The van der Waals surface area contributed by atoms with Crippen molar-refractivity contribution >= 4 is 5.78 Å². The average Bonchev–Trinajstić information content (AvgIpc) is 2.52. The lowest BCUT2D eigenvalue weighted by molar-refractivity contribution is -0.116. The molecule has 1 aromatic heterocycles. The van der Waals surface area contributed by atoms with E-state index in [0.29, 0.717) is 11.7 Å². The molecule has 1 aromatic rings. The van der Waals surface area contributed by atoms with Crippen molar-refractivity contribution in [2.75, 3.05) is 7.11 Å². The predicted molar refractivity (Wildman–Crippen MR) is 53.3 cm³/mol. The molecule has 0 aromatic carbocycles. The molecule has 5 nitrogen and oxygen atoms in total. The van der Waals surface area contributed by atoms with Crippen molar-refractivity contribution in [2.24, 2.45) is 5.92 Å². The van der Waals surface area contributed by atoms with Crippen LogP contribution in [0.25, 0.3) is 0 Å². The molecule has 1 atom stereocenters. The zero-order valence-electron chi connectivity index (χ0n) is 9.48. The molecule has 0 bridgehead atoms. The molecular formula is C10H16N2O3. The summed E-state index contributed by atoms with van der Waals surface area (Å²) >= 11 is 0. The van der Waals surface area contributed by atoms with Gasteiger partial charge in [-0.1, -0.05) is 19.0 Å². The van der Waals surface area contributed by atoms with Gasteiger partial charge in [-0.3, -0.25) is 4.79 Å². The number of nitrogens with zero attached hydrogens (tertiary/aromatic N) is 2. The van der Waals surface area contributed by atoms with Crippen LogP contribution in [0.1, 0.15) is 38.6 Å². The fourth-order valence-electron chi connectivity index (χ4n) is 1.34. The summed E-state index contributed by atoms with van der Waals surface area (Å²) in [4.78, 5) is 15.0. The fourth-order valence-corrected chi connectivity index (χ4v) is 1.34. The molecule has 1 unspecified atom stereocenters. The Labute approximate surface area is 88.8 Å². The van der Waals surface area contributed by atoms with Crippen LogP contribution in [0.2, 0.25) is 0 Å². The summed E-state index contributed by atoms with van der Waals surface area (Å²) in [6.45, 7) is 5.50. The largest absolute Gasteiger partial charge is 0.373 e. The summed E-state index contributed by atoms with van der Waals surface area (Å²) in [5.41, 5.74) is 0. The number of hydrogen-bond donors (Lipinski definition) is 0. The lowest BCUT2D eigenvalue weighted by Crippen LogP contribution is -2.10. The highest BCUT2D eigenvalue weighted by Gasteiger charge is 2.21. The van der Waals surface area contributed by atoms with Gasteiger partial charge in [0.05, 0.1) is 6.42 Å². The standard InChI is InChI=1S/C10H16N2O3/c1-6(2)9(14-4)10-11-8(15-12-10)5-7(3)13/h6,9H,5H2,1-4H3. The van der Waals surface area contributed by atoms with Gasteiger partial charge in [-0.15, -0.1) is 0 Å². The number of carbonyl (C=O) groups excluding carboxylic acids is 1. The van der Waals surface area contributed by atoms with Gasteiger partial charge in [0.25, 0.3) is 0 Å². The highest BCUT2D eigenvalue weighted by atomic mass is 16.5. The molecule has 0 aliphatic rings. The predicted octanol–water partition coefficient (Wildman–Crippen LogP) is 1.54. The third-order valence-corrected chi connectivity index (χ3v) is 2.00. The average molecular weight is 212 g/mol. The minimum Gasteiger partial charge on any atom is -0.373 e. The van der Waals surface area contributed by atoms with E-state index >= 15 is 0 Å². The first kappa shape index (κ1) is 11.8. The Morgan fingerprint density at radius 3 is 2.67 bits per heavy atom. The second-order valence-electron chi connectivity index (χ2n) is 3.83. The third-order valence-electron chi connectivity index (χ3n) is 2.00. The van der Waals surface area contributed by atoms with Crippen LogP contribution in [0.15, 0.2) is 4.52 Å². The van der Waals surface area contributed by atoms with E-state index in [1.54, 1.807) is 7.11 Å². The van der Waals surface area contributed by atoms with Gasteiger partial charge in [0.15, 0.2) is 0 Å². The minimum atomic E-state index is -0.186. The second kappa shape index (κ2) is 5.02. The summed E-state index contributed by atoms with van der Waals surface area (Å²) in [5, 5.41) is 3.80. The van der Waals surface area contributed by atoms with E-state index < -0.39 is 0 Å². The molecule has 1 heterocycles. The lowest BCUT2D eigenvalue weighted by atomic mass is 10.1. The SMILES string of the molecule is COC(c1noc(CC(C)=O)n1)C(C)C. The van der Waals surface area contributed by atoms with Crippen LogP contribution in [-0.4, -0.2) is 23.0 Å². The normalized spacial score (nSPS) is 13.1. The molecule has 0 fully saturated rings. The lowest BCUT2D eigenvalue weighted by Gasteiger charge is -2.14. The molecule has 0 radical (unpaired) electrons. The number of aromatic nitrogens is 2. The Morgan fingerprint density at radius 2 is 2.20 bits per heavy atom. The number of ether oxygens (including phenoxy) is 1. The fraction of sp³-hybridized carbons (Fsp3) is 0.700. The van der Waals surface area contributed by atoms with Gasteiger partial charge in [-0.05, 0) is 12.8 Å². The molecule has 0 saturated carbocycles. The molecule has 0 amide bonds. The highest BCUT2D eigenvalue weighted by Crippen LogP contribution is 2.22. The van der Waals surface area contributed by atoms with Crippen LogP contribution in [0, 0.1) is 5.92 Å². The maximum atomic E-state index is 10.8. The maximum absolute atomic E-state index is 10.8. The number of carbonyl (C=O) groups is 1. The topological polar surface area (TPSA) is 65.2 Å². The molecule has 0 aliphatic carbocycles. The summed E-state index contributed by atoms with van der Waals surface area (Å²) in [7, 11) is 1.60. The van der Waals surface area contributed by atoms with Crippen LogP contribution >= 0.6 is 0 Å². The molecule has 1 rings (SSSR count). The van der Waals surface area contributed by atoms with Gasteiger partial charge in [0.2, 0.25) is 11.7 Å². The number of rotatable bonds is 5. The molecule has 0 N–H and O–H groups in total. The Bertz CT molecular complexity index is 333. The molecule has 5 heteroatoms. The maximum Gasteiger partial charge on any atom is 0.234 e. The van der Waals surface area contributed by atoms with Gasteiger partial charge < -0.3 is 9.26 Å². The van der Waals surface area contributed by atoms with Crippen molar-refractivity contribution in [3.8, 4) is 0 Å². The van der Waals surface area contributed by atoms with Gasteiger partial charge in [-0.2, -0.15) is 4.98 Å². The summed E-state index contributed by atoms with van der Waals surface area (Å²) < 4.78 is 10.2. The van der Waals surface area contributed by atoms with E-state index in [-0.39, 0.29) is 24.2 Å². The van der Waals surface area contributed by atoms with Gasteiger partial charge in [-0.25, -0.2) is 0 Å². The smallest absolute Gasteiger partial charge is 0.234 e. The molecular weight excluding hydrogens is 196 g/mol. The number of Topliss-reactive ketones (excluding diaryl/α,β-unsaturated/α-hetero) is 1. The molecule has 84 valence electrons. The van der Waals surface area contributed by atoms with E-state index in [0.717, 1.165) is 0 Å². The Balaban J connectivity index is 2.77. The van der Waals surface area contributed by atoms with Crippen molar-refractivity contribution in [2.45, 2.75) is 33.3 Å². The molecule has 0 aliphatic heterocycles. The third kappa shape index (κ3) is 3.13. The summed E-state index contributed by atoms with van der Waals surface area (Å²) in [5.74, 6) is 1.12. The zero-order chi connectivity index (χ0) is 11.4. The Morgan fingerprint density at radius 1 is 1.53 bits per heavy atom. The summed E-state index contributed by atoms with van der Waals surface area (Å²) in [6, 6.07) is 0. The second-order valence-corrected chi connectivity index (χ2v) is 3.83. The van der Waals surface area contributed by atoms with Crippen molar-refractivity contribution in [1.82, 2.24) is 10.1 Å². The van der Waals surface area contributed by atoms with Crippen LogP contribution in [0.3, 0.4) is 0 Å². The number of methoxy groups -OCH3 is 1. The molecule has 0 spiro atoms. The first-order chi connectivity index (χ1) is 7.04. The van der Waals surface area contributed by atoms with Crippen molar-refractivity contribution < 1.29 is 14.1 Å². The van der Waals surface area contributed by atoms with Gasteiger partial charge in [0.1, 0.15) is 11.9 Å². The summed E-state index contributed by atoms with van der Waals surface area (Å²) in [6.07, 6.45) is -0.00361. The molecule has 0 saturated heterocycles. The van der Waals surface area contributed by atoms with Crippen LogP contribution in [0.4, 0.5) is 0 Å². The van der Waals surface area contributed by atoms with E-state index in [1.807, 2.05) is 13.8 Å². The minimum absolute atomic E-state index is 0.00344. The highest BCUT2D eigenvalue weighted by molar-refractivity contribution is 5.77. The van der Waals surface area contributed by atoms with E-state index in [1.165, 1.54) is 6.92 Å². The van der Waals surface area contributed by atoms with E-state index in [4.69, 9.17) is 9.26 Å². The van der Waals surface area contributed by atoms with Gasteiger partial charge in [0, 0.05) is 7.11 Å². The van der Waals surface area contributed by atoms with Crippen molar-refractivity contribution in [3.63, 3.8) is 0 Å². The quantitative estimate of drug-likeness (QED) is 0.740. The van der Waals surface area contributed by atoms with Crippen LogP contribution in [-0.2, 0) is 16.0 Å². The monoisotopic (exact) mass is 212 g/mol.